The van der Waals surface area contributed by atoms with Crippen LogP contribution in [0, 0.1) is 5.92 Å². The number of halogens is 2. The molecule has 25 heavy (non-hydrogen) atoms. The molecule has 2 N–H and O–H groups in total. The van der Waals surface area contributed by atoms with E-state index >= 15 is 0 Å². The van der Waals surface area contributed by atoms with Crippen LogP contribution >= 0.6 is 36.2 Å². The summed E-state index contributed by atoms with van der Waals surface area (Å²) in [6, 6.07) is 5.20. The molecule has 0 radical (unpaired) electrons. The van der Waals surface area contributed by atoms with Crippen molar-refractivity contribution < 1.29 is 14.3 Å². The van der Waals surface area contributed by atoms with E-state index in [-0.39, 0.29) is 30.7 Å². The van der Waals surface area contributed by atoms with Crippen LogP contribution in [0.1, 0.15) is 16.1 Å². The molecule has 0 atom stereocenters. The number of rotatable bonds is 7. The van der Waals surface area contributed by atoms with Crippen LogP contribution in [0.15, 0.2) is 29.1 Å². The van der Waals surface area contributed by atoms with Crippen LogP contribution in [0.3, 0.4) is 0 Å². The quantitative estimate of drug-likeness (QED) is 0.740. The normalized spacial score (nSPS) is 13.0. The molecule has 0 unspecified atom stereocenters. The van der Waals surface area contributed by atoms with Gasteiger partial charge in [0.1, 0.15) is 6.61 Å². The van der Waals surface area contributed by atoms with Gasteiger partial charge >= 0.3 is 0 Å². The maximum atomic E-state index is 12.2. The zero-order valence-electron chi connectivity index (χ0n) is 13.7. The molecule has 9 heteroatoms. The summed E-state index contributed by atoms with van der Waals surface area (Å²) in [6.45, 7) is 3.00. The third-order valence-electron chi connectivity index (χ3n) is 3.70. The Morgan fingerprint density at radius 3 is 2.76 bits per heavy atom. The van der Waals surface area contributed by atoms with Crippen molar-refractivity contribution in [3.8, 4) is 11.5 Å². The number of nitrogens with one attached hydrogen (secondary N) is 2. The van der Waals surface area contributed by atoms with E-state index < -0.39 is 0 Å². The van der Waals surface area contributed by atoms with Crippen LogP contribution in [-0.4, -0.2) is 37.6 Å². The maximum Gasteiger partial charge on any atom is 0.251 e. The van der Waals surface area contributed by atoms with Gasteiger partial charge in [0.25, 0.3) is 5.91 Å². The average molecular weight is 406 g/mol. The van der Waals surface area contributed by atoms with Gasteiger partial charge in [0.2, 0.25) is 0 Å². The van der Waals surface area contributed by atoms with E-state index in [1.807, 2.05) is 5.38 Å². The van der Waals surface area contributed by atoms with Crippen molar-refractivity contribution in [2.24, 2.45) is 5.92 Å². The zero-order valence-corrected chi connectivity index (χ0v) is 16.1. The molecule has 1 aliphatic rings. The number of carbonyl (C=O) groups excluding carboxylic acids is 1. The molecule has 2 heterocycles. The Hall–Kier alpha value is -1.54. The van der Waals surface area contributed by atoms with Crippen LogP contribution in [0.2, 0.25) is 0 Å². The fourth-order valence-electron chi connectivity index (χ4n) is 2.22. The highest BCUT2D eigenvalue weighted by Crippen LogP contribution is 2.28. The van der Waals surface area contributed by atoms with E-state index in [9.17, 15) is 4.79 Å². The number of ether oxygens (including phenoxy) is 2. The van der Waals surface area contributed by atoms with Crippen LogP contribution in [0.25, 0.3) is 0 Å². The van der Waals surface area contributed by atoms with Gasteiger partial charge in [-0.1, -0.05) is 0 Å². The SMILES string of the molecule is COc1cc(C(=O)NCC2CNC2)ccc1OCc1cscn1.Cl.Cl. The number of nitrogens with zero attached hydrogens (tertiary/aromatic N) is 1. The average Bonchev–Trinajstić information content (AvgIpc) is 3.04. The number of hydrogen-bond acceptors (Lipinski definition) is 6. The molecule has 1 aliphatic heterocycles. The van der Waals surface area contributed by atoms with Gasteiger partial charge in [-0.2, -0.15) is 0 Å². The van der Waals surface area contributed by atoms with Crippen molar-refractivity contribution in [1.82, 2.24) is 15.6 Å². The molecule has 0 aliphatic carbocycles. The van der Waals surface area contributed by atoms with Crippen molar-refractivity contribution in [2.75, 3.05) is 26.7 Å². The molecular formula is C16H21Cl2N3O3S. The second kappa shape index (κ2) is 10.5. The highest BCUT2D eigenvalue weighted by molar-refractivity contribution is 7.07. The summed E-state index contributed by atoms with van der Waals surface area (Å²) in [5.74, 6) is 1.57. The van der Waals surface area contributed by atoms with Crippen LogP contribution < -0.4 is 20.1 Å². The lowest BCUT2D eigenvalue weighted by Crippen LogP contribution is -2.48. The molecule has 2 aromatic rings. The first kappa shape index (κ1) is 21.5. The largest absolute Gasteiger partial charge is 0.493 e. The minimum absolute atomic E-state index is 0. The number of aromatic nitrogens is 1. The zero-order chi connectivity index (χ0) is 16.1. The molecule has 0 spiro atoms. The maximum absolute atomic E-state index is 12.2. The second-order valence-corrected chi connectivity index (χ2v) is 6.09. The lowest BCUT2D eigenvalue weighted by Gasteiger charge is -2.27. The van der Waals surface area contributed by atoms with Crippen molar-refractivity contribution in [1.29, 1.82) is 0 Å². The van der Waals surface area contributed by atoms with E-state index in [1.54, 1.807) is 30.8 Å². The molecule has 1 amide bonds. The summed E-state index contributed by atoms with van der Waals surface area (Å²) < 4.78 is 11.0. The standard InChI is InChI=1S/C16H19N3O3S.2ClH/c1-21-15-4-12(16(20)18-7-11-5-17-6-11)2-3-14(15)22-8-13-9-23-10-19-13;;/h2-4,9-11,17H,5-8H2,1H3,(H,18,20);2*1H. The van der Waals surface area contributed by atoms with E-state index in [0.717, 1.165) is 18.8 Å². The molecule has 138 valence electrons. The lowest BCUT2D eigenvalue weighted by molar-refractivity contribution is 0.0941. The van der Waals surface area contributed by atoms with Crippen LogP contribution in [0.4, 0.5) is 0 Å². The Labute approximate surface area is 163 Å². The van der Waals surface area contributed by atoms with Gasteiger partial charge in [-0.15, -0.1) is 36.2 Å². The van der Waals surface area contributed by atoms with E-state index in [1.165, 1.54) is 11.3 Å². The van der Waals surface area contributed by atoms with Gasteiger partial charge in [0.15, 0.2) is 11.5 Å². The summed E-state index contributed by atoms with van der Waals surface area (Å²) in [7, 11) is 1.56. The number of thiazole rings is 1. The number of amides is 1. The van der Waals surface area contributed by atoms with Crippen molar-refractivity contribution in [2.45, 2.75) is 6.61 Å². The third-order valence-corrected chi connectivity index (χ3v) is 4.34. The van der Waals surface area contributed by atoms with Gasteiger partial charge in [0.05, 0.1) is 18.3 Å². The van der Waals surface area contributed by atoms with E-state index in [0.29, 0.717) is 36.1 Å². The molecule has 1 saturated heterocycles. The molecule has 0 saturated carbocycles. The molecule has 6 nitrogen and oxygen atoms in total. The Kier molecular flexibility index (Phi) is 8.99. The van der Waals surface area contributed by atoms with Crippen LogP contribution in [-0.2, 0) is 6.61 Å². The number of carbonyl (C=O) groups is 1. The molecule has 1 aromatic carbocycles. The number of benzene rings is 1. The Balaban J connectivity index is 0.00000156. The second-order valence-electron chi connectivity index (χ2n) is 5.37. The minimum atomic E-state index is -0.0961. The summed E-state index contributed by atoms with van der Waals surface area (Å²) in [6.07, 6.45) is 0. The summed E-state index contributed by atoms with van der Waals surface area (Å²) in [4.78, 5) is 16.3. The molecule has 0 bridgehead atoms. The molecule has 1 fully saturated rings. The minimum Gasteiger partial charge on any atom is -0.493 e. The first-order valence-corrected chi connectivity index (χ1v) is 8.37. The van der Waals surface area contributed by atoms with Crippen molar-refractivity contribution in [3.63, 3.8) is 0 Å². The van der Waals surface area contributed by atoms with Gasteiger partial charge < -0.3 is 20.1 Å². The molecule has 1 aromatic heterocycles. The Bertz CT molecular complexity index is 667. The topological polar surface area (TPSA) is 72.5 Å². The molecule has 3 rings (SSSR count). The summed E-state index contributed by atoms with van der Waals surface area (Å²) in [5, 5.41) is 8.06. The van der Waals surface area contributed by atoms with E-state index in [4.69, 9.17) is 9.47 Å². The first-order valence-electron chi connectivity index (χ1n) is 7.43. The first-order chi connectivity index (χ1) is 11.3. The monoisotopic (exact) mass is 405 g/mol. The van der Waals surface area contributed by atoms with Gasteiger partial charge in [-0.05, 0) is 18.2 Å². The van der Waals surface area contributed by atoms with Gasteiger partial charge in [0, 0.05) is 36.5 Å². The number of methoxy groups -OCH3 is 1. The van der Waals surface area contributed by atoms with Crippen molar-refractivity contribution >= 4 is 42.1 Å². The summed E-state index contributed by atoms with van der Waals surface area (Å²) in [5.41, 5.74) is 3.20. The highest BCUT2D eigenvalue weighted by Gasteiger charge is 2.18. The smallest absolute Gasteiger partial charge is 0.251 e. The fraction of sp³-hybridized carbons (Fsp3) is 0.375. The predicted octanol–water partition coefficient (Wildman–Crippen LogP) is 2.52. The summed E-state index contributed by atoms with van der Waals surface area (Å²) >= 11 is 1.53. The fourth-order valence-corrected chi connectivity index (χ4v) is 2.76. The van der Waals surface area contributed by atoms with Gasteiger partial charge in [-0.25, -0.2) is 4.98 Å². The third kappa shape index (κ3) is 5.74. The lowest BCUT2D eigenvalue weighted by atomic mass is 10.0. The Morgan fingerprint density at radius 2 is 2.16 bits per heavy atom. The van der Waals surface area contributed by atoms with Crippen molar-refractivity contribution in [3.05, 3.63) is 40.3 Å². The highest BCUT2D eigenvalue weighted by atomic mass is 35.5. The van der Waals surface area contributed by atoms with Crippen LogP contribution in [0.5, 0.6) is 11.5 Å². The van der Waals surface area contributed by atoms with E-state index in [2.05, 4.69) is 15.6 Å². The molecular weight excluding hydrogens is 385 g/mol. The Morgan fingerprint density at radius 1 is 1.36 bits per heavy atom. The number of hydrogen-bond donors (Lipinski definition) is 2. The predicted molar refractivity (Wildman–Crippen MR) is 103 cm³/mol. The van der Waals surface area contributed by atoms with Gasteiger partial charge in [-0.3, -0.25) is 4.79 Å².